The Labute approximate surface area is 114 Å². The van der Waals surface area contributed by atoms with Crippen molar-refractivity contribution in [1.82, 2.24) is 15.1 Å². The average Bonchev–Trinajstić information content (AvgIpc) is 2.76. The summed E-state index contributed by atoms with van der Waals surface area (Å²) in [5, 5.41) is 7.51. The smallest absolute Gasteiger partial charge is 0.165 e. The summed E-state index contributed by atoms with van der Waals surface area (Å²) in [6, 6.07) is 6.77. The second kappa shape index (κ2) is 5.89. The number of hydrogen-bond donors (Lipinski definition) is 1. The first-order chi connectivity index (χ1) is 9.04. The van der Waals surface area contributed by atoms with E-state index in [-0.39, 0.29) is 0 Å². The maximum Gasteiger partial charge on any atom is 0.165 e. The van der Waals surface area contributed by atoms with Crippen molar-refractivity contribution in [2.45, 2.75) is 33.4 Å². The Kier molecular flexibility index (Phi) is 4.22. The monoisotopic (exact) mass is 259 g/mol. The minimum Gasteiger partial charge on any atom is -0.454 e. The summed E-state index contributed by atoms with van der Waals surface area (Å²) in [4.78, 5) is 0. The molecular formula is C15H21N3O. The second-order valence-electron chi connectivity index (χ2n) is 5.09. The highest BCUT2D eigenvalue weighted by Crippen LogP contribution is 2.25. The number of aromatic nitrogens is 2. The van der Waals surface area contributed by atoms with Crippen molar-refractivity contribution in [3.8, 4) is 11.5 Å². The number of hydrogen-bond acceptors (Lipinski definition) is 3. The topological polar surface area (TPSA) is 39.1 Å². The van der Waals surface area contributed by atoms with Gasteiger partial charge in [0.25, 0.3) is 0 Å². The van der Waals surface area contributed by atoms with Crippen molar-refractivity contribution in [3.63, 3.8) is 0 Å². The van der Waals surface area contributed by atoms with Crippen LogP contribution in [0.3, 0.4) is 0 Å². The van der Waals surface area contributed by atoms with E-state index in [4.69, 9.17) is 4.74 Å². The highest BCUT2D eigenvalue weighted by molar-refractivity contribution is 5.39. The summed E-state index contributed by atoms with van der Waals surface area (Å²) >= 11 is 0. The van der Waals surface area contributed by atoms with Crippen molar-refractivity contribution < 1.29 is 4.74 Å². The van der Waals surface area contributed by atoms with Crippen LogP contribution in [-0.2, 0) is 13.6 Å². The van der Waals surface area contributed by atoms with Gasteiger partial charge < -0.3 is 10.1 Å². The maximum atomic E-state index is 5.87. The van der Waals surface area contributed by atoms with E-state index in [2.05, 4.69) is 42.5 Å². The van der Waals surface area contributed by atoms with Gasteiger partial charge in [0.15, 0.2) is 5.75 Å². The number of benzene rings is 1. The molecule has 0 aliphatic rings. The molecule has 0 saturated heterocycles. The van der Waals surface area contributed by atoms with Crippen LogP contribution in [-0.4, -0.2) is 15.8 Å². The molecule has 0 atom stereocenters. The van der Waals surface area contributed by atoms with Gasteiger partial charge in [-0.3, -0.25) is 4.68 Å². The van der Waals surface area contributed by atoms with Gasteiger partial charge >= 0.3 is 0 Å². The van der Waals surface area contributed by atoms with Gasteiger partial charge in [-0.05, 0) is 24.1 Å². The Morgan fingerprint density at radius 1 is 1.37 bits per heavy atom. The minimum absolute atomic E-state index is 0.476. The molecule has 0 radical (unpaired) electrons. The van der Waals surface area contributed by atoms with Crippen LogP contribution in [0.15, 0.2) is 30.6 Å². The van der Waals surface area contributed by atoms with Gasteiger partial charge in [0.05, 0.1) is 12.4 Å². The summed E-state index contributed by atoms with van der Waals surface area (Å²) in [7, 11) is 1.88. The highest BCUT2D eigenvalue weighted by Gasteiger charge is 2.05. The lowest BCUT2D eigenvalue weighted by atomic mass is 10.1. The summed E-state index contributed by atoms with van der Waals surface area (Å²) < 4.78 is 7.60. The van der Waals surface area contributed by atoms with E-state index >= 15 is 0 Å². The van der Waals surface area contributed by atoms with Crippen molar-refractivity contribution in [3.05, 3.63) is 41.7 Å². The first kappa shape index (κ1) is 13.6. The number of nitrogens with one attached hydrogen (secondary N) is 1. The molecule has 1 aromatic carbocycles. The molecule has 0 unspecified atom stereocenters. The number of rotatable bonds is 5. The molecule has 0 spiro atoms. The first-order valence-corrected chi connectivity index (χ1v) is 6.54. The molecule has 0 aliphatic carbocycles. The van der Waals surface area contributed by atoms with Crippen LogP contribution in [0.25, 0.3) is 0 Å². The summed E-state index contributed by atoms with van der Waals surface area (Å²) in [5.74, 6) is 1.65. The predicted octanol–water partition coefficient (Wildman–Crippen LogP) is 3.02. The summed E-state index contributed by atoms with van der Waals surface area (Å²) in [6.07, 6.45) is 3.58. The highest BCUT2D eigenvalue weighted by atomic mass is 16.5. The van der Waals surface area contributed by atoms with E-state index < -0.39 is 0 Å². The fourth-order valence-corrected chi connectivity index (χ4v) is 1.76. The van der Waals surface area contributed by atoms with Crippen LogP contribution in [0.2, 0.25) is 0 Å². The molecule has 1 aromatic heterocycles. The van der Waals surface area contributed by atoms with Crippen LogP contribution in [0.4, 0.5) is 0 Å². The fourth-order valence-electron chi connectivity index (χ4n) is 1.76. The molecular weight excluding hydrogens is 238 g/mol. The molecule has 0 fully saturated rings. The Morgan fingerprint density at radius 3 is 2.79 bits per heavy atom. The van der Waals surface area contributed by atoms with Gasteiger partial charge in [-0.15, -0.1) is 0 Å². The Morgan fingerprint density at radius 2 is 2.16 bits per heavy atom. The van der Waals surface area contributed by atoms with Crippen LogP contribution < -0.4 is 10.1 Å². The van der Waals surface area contributed by atoms with Gasteiger partial charge in [0.2, 0.25) is 0 Å². The van der Waals surface area contributed by atoms with E-state index in [1.54, 1.807) is 10.9 Å². The van der Waals surface area contributed by atoms with Crippen LogP contribution in [0.5, 0.6) is 11.5 Å². The molecule has 2 aromatic rings. The van der Waals surface area contributed by atoms with Crippen LogP contribution >= 0.6 is 0 Å². The van der Waals surface area contributed by atoms with E-state index in [9.17, 15) is 0 Å². The molecule has 1 heterocycles. The van der Waals surface area contributed by atoms with Crippen molar-refractivity contribution in [2.24, 2.45) is 7.05 Å². The van der Waals surface area contributed by atoms with Crippen LogP contribution in [0, 0.1) is 6.92 Å². The van der Waals surface area contributed by atoms with E-state index in [0.717, 1.165) is 23.6 Å². The minimum atomic E-state index is 0.476. The molecule has 0 aliphatic heterocycles. The quantitative estimate of drug-likeness (QED) is 0.897. The van der Waals surface area contributed by atoms with E-state index in [1.165, 1.54) is 5.56 Å². The lowest BCUT2D eigenvalue weighted by Gasteiger charge is -2.11. The van der Waals surface area contributed by atoms with E-state index in [0.29, 0.717) is 6.04 Å². The standard InChI is InChI=1S/C15H21N3O/c1-11(2)16-8-13-6-5-12(3)15(7-13)19-14-9-17-18(4)10-14/h5-7,9-11,16H,8H2,1-4H3. The summed E-state index contributed by atoms with van der Waals surface area (Å²) in [5.41, 5.74) is 2.34. The molecule has 0 saturated carbocycles. The van der Waals surface area contributed by atoms with Crippen LogP contribution in [0.1, 0.15) is 25.0 Å². The Hall–Kier alpha value is -1.81. The average molecular weight is 259 g/mol. The molecule has 0 bridgehead atoms. The zero-order chi connectivity index (χ0) is 13.8. The number of aryl methyl sites for hydroxylation is 2. The normalized spacial score (nSPS) is 11.0. The molecule has 2 rings (SSSR count). The largest absolute Gasteiger partial charge is 0.454 e. The van der Waals surface area contributed by atoms with Gasteiger partial charge in [-0.25, -0.2) is 0 Å². The molecule has 1 N–H and O–H groups in total. The lowest BCUT2D eigenvalue weighted by molar-refractivity contribution is 0.476. The van der Waals surface area contributed by atoms with E-state index in [1.807, 2.05) is 20.2 Å². The number of ether oxygens (including phenoxy) is 1. The van der Waals surface area contributed by atoms with Gasteiger partial charge in [0, 0.05) is 19.6 Å². The zero-order valence-electron chi connectivity index (χ0n) is 12.0. The molecule has 0 amide bonds. The fraction of sp³-hybridized carbons (Fsp3) is 0.400. The van der Waals surface area contributed by atoms with Gasteiger partial charge in [-0.1, -0.05) is 26.0 Å². The molecule has 4 heteroatoms. The Balaban J connectivity index is 2.12. The third-order valence-electron chi connectivity index (χ3n) is 2.88. The van der Waals surface area contributed by atoms with Crippen molar-refractivity contribution >= 4 is 0 Å². The molecule has 4 nitrogen and oxygen atoms in total. The first-order valence-electron chi connectivity index (χ1n) is 6.54. The SMILES string of the molecule is Cc1ccc(CNC(C)C)cc1Oc1cnn(C)c1. The third kappa shape index (κ3) is 3.83. The molecule has 102 valence electrons. The lowest BCUT2D eigenvalue weighted by Crippen LogP contribution is -2.21. The van der Waals surface area contributed by atoms with Crippen molar-refractivity contribution in [2.75, 3.05) is 0 Å². The van der Waals surface area contributed by atoms with Gasteiger partial charge in [-0.2, -0.15) is 5.10 Å². The summed E-state index contributed by atoms with van der Waals surface area (Å²) in [6.45, 7) is 7.18. The van der Waals surface area contributed by atoms with Gasteiger partial charge in [0.1, 0.15) is 5.75 Å². The second-order valence-corrected chi connectivity index (χ2v) is 5.09. The predicted molar refractivity (Wildman–Crippen MR) is 76.4 cm³/mol. The van der Waals surface area contributed by atoms with Crippen molar-refractivity contribution in [1.29, 1.82) is 0 Å². The number of nitrogens with zero attached hydrogens (tertiary/aromatic N) is 2. The maximum absolute atomic E-state index is 5.87. The Bertz CT molecular complexity index is 546. The molecule has 19 heavy (non-hydrogen) atoms. The zero-order valence-corrected chi connectivity index (χ0v) is 12.0. The third-order valence-corrected chi connectivity index (χ3v) is 2.88.